The maximum Gasteiger partial charge on any atom is 0.243 e. The minimum absolute atomic E-state index is 0.107. The number of halogens is 3. The number of phenolic OH excluding ortho intramolecular Hbond substituents is 1. The molecule has 0 aliphatic carbocycles. The van der Waals surface area contributed by atoms with Crippen molar-refractivity contribution in [1.82, 2.24) is 4.90 Å². The van der Waals surface area contributed by atoms with Crippen LogP contribution < -0.4 is 4.74 Å². The maximum atomic E-state index is 13.3. The number of thiophene rings is 1. The molecule has 0 bridgehead atoms. The SMILES string of the molecule is O=C(c1ccc(Cl)cc1)c1sc2cc(O)ccc2c1Oc1ccc(CN2CC(C(F)F)C2)cc1. The Morgan fingerprint density at radius 3 is 2.47 bits per heavy atom. The third kappa shape index (κ3) is 4.64. The van der Waals surface area contributed by atoms with Crippen molar-refractivity contribution in [3.05, 3.63) is 87.8 Å². The van der Waals surface area contributed by atoms with E-state index in [-0.39, 0.29) is 11.5 Å². The Balaban J connectivity index is 1.40. The van der Waals surface area contributed by atoms with Crippen LogP contribution in [0.15, 0.2) is 66.7 Å². The van der Waals surface area contributed by atoms with E-state index in [9.17, 15) is 18.7 Å². The standard InChI is InChI=1S/C26H20ClF2NO3S/c27-18-5-3-16(4-6-18)23(32)25-24(21-10-7-19(31)11-22(21)34-25)33-20-8-1-15(2-9-20)12-30-13-17(14-30)26(28)29/h1-11,17,26,31H,12-14H2. The number of ketones is 1. The third-order valence-electron chi connectivity index (χ3n) is 5.83. The maximum absolute atomic E-state index is 13.3. The number of rotatable bonds is 7. The van der Waals surface area contributed by atoms with Crippen LogP contribution in [0.2, 0.25) is 5.02 Å². The highest BCUT2D eigenvalue weighted by Gasteiger charge is 2.33. The van der Waals surface area contributed by atoms with Crippen molar-refractivity contribution < 1.29 is 23.4 Å². The fourth-order valence-electron chi connectivity index (χ4n) is 3.98. The number of benzene rings is 3. The van der Waals surface area contributed by atoms with Crippen LogP contribution in [0.4, 0.5) is 8.78 Å². The summed E-state index contributed by atoms with van der Waals surface area (Å²) in [7, 11) is 0. The molecule has 8 heteroatoms. The molecule has 4 aromatic rings. The second-order valence-corrected chi connectivity index (χ2v) is 9.80. The second kappa shape index (κ2) is 9.33. The third-order valence-corrected chi connectivity index (χ3v) is 7.22. The molecular formula is C26H20ClF2NO3S. The number of likely N-dealkylation sites (tertiary alicyclic amines) is 1. The smallest absolute Gasteiger partial charge is 0.243 e. The van der Waals surface area contributed by atoms with E-state index < -0.39 is 12.3 Å². The molecule has 1 N–H and O–H groups in total. The lowest BCUT2D eigenvalue weighted by Gasteiger charge is -2.38. The van der Waals surface area contributed by atoms with Gasteiger partial charge in [-0.1, -0.05) is 23.7 Å². The average molecular weight is 500 g/mol. The molecule has 1 saturated heterocycles. The normalized spacial score (nSPS) is 14.5. The molecule has 0 radical (unpaired) electrons. The lowest BCUT2D eigenvalue weighted by molar-refractivity contribution is -0.0279. The number of carbonyl (C=O) groups excluding carboxylic acids is 1. The molecule has 1 aliphatic heterocycles. The number of alkyl halides is 2. The van der Waals surface area contributed by atoms with Crippen molar-refractivity contribution in [3.8, 4) is 17.2 Å². The first-order valence-corrected chi connectivity index (χ1v) is 11.9. The summed E-state index contributed by atoms with van der Waals surface area (Å²) in [5.74, 6) is 0.349. The van der Waals surface area contributed by atoms with E-state index in [4.69, 9.17) is 16.3 Å². The van der Waals surface area contributed by atoms with Crippen LogP contribution >= 0.6 is 22.9 Å². The Morgan fingerprint density at radius 1 is 1.09 bits per heavy atom. The highest BCUT2D eigenvalue weighted by Crippen LogP contribution is 2.42. The largest absolute Gasteiger partial charge is 0.508 e. The Labute approximate surface area is 204 Å². The van der Waals surface area contributed by atoms with Crippen molar-refractivity contribution in [2.45, 2.75) is 13.0 Å². The van der Waals surface area contributed by atoms with Gasteiger partial charge < -0.3 is 9.84 Å². The molecule has 3 aromatic carbocycles. The fraction of sp³-hybridized carbons (Fsp3) is 0.192. The summed E-state index contributed by atoms with van der Waals surface area (Å²) in [4.78, 5) is 15.7. The summed E-state index contributed by atoms with van der Waals surface area (Å²) in [6.07, 6.45) is -2.26. The van der Waals surface area contributed by atoms with E-state index in [1.165, 1.54) is 11.3 Å². The molecule has 0 spiro atoms. The van der Waals surface area contributed by atoms with Crippen LogP contribution in [-0.4, -0.2) is 35.3 Å². The van der Waals surface area contributed by atoms with Gasteiger partial charge in [0.1, 0.15) is 16.4 Å². The summed E-state index contributed by atoms with van der Waals surface area (Å²) >= 11 is 7.22. The Hall–Kier alpha value is -3.00. The van der Waals surface area contributed by atoms with Crippen LogP contribution in [0, 0.1) is 5.92 Å². The van der Waals surface area contributed by atoms with E-state index in [1.54, 1.807) is 54.6 Å². The predicted molar refractivity (Wildman–Crippen MR) is 130 cm³/mol. The summed E-state index contributed by atoms with van der Waals surface area (Å²) in [6, 6.07) is 18.9. The molecule has 34 heavy (non-hydrogen) atoms. The van der Waals surface area contributed by atoms with Crippen molar-refractivity contribution in [1.29, 1.82) is 0 Å². The van der Waals surface area contributed by atoms with Gasteiger partial charge in [0.25, 0.3) is 0 Å². The van der Waals surface area contributed by atoms with Gasteiger partial charge in [-0.2, -0.15) is 0 Å². The Kier molecular flexibility index (Phi) is 6.25. The molecule has 5 rings (SSSR count). The van der Waals surface area contributed by atoms with E-state index >= 15 is 0 Å². The van der Waals surface area contributed by atoms with Gasteiger partial charge in [0.2, 0.25) is 12.2 Å². The number of fused-ring (bicyclic) bond motifs is 1. The van der Waals surface area contributed by atoms with Crippen LogP contribution in [0.5, 0.6) is 17.2 Å². The zero-order chi connectivity index (χ0) is 23.8. The lowest BCUT2D eigenvalue weighted by Crippen LogP contribution is -2.49. The van der Waals surface area contributed by atoms with Gasteiger partial charge in [-0.05, 0) is 60.2 Å². The molecule has 4 nitrogen and oxygen atoms in total. The van der Waals surface area contributed by atoms with E-state index in [2.05, 4.69) is 0 Å². The number of nitrogens with zero attached hydrogens (tertiary/aromatic N) is 1. The zero-order valence-electron chi connectivity index (χ0n) is 17.9. The number of hydrogen-bond donors (Lipinski definition) is 1. The van der Waals surface area contributed by atoms with Gasteiger partial charge >= 0.3 is 0 Å². The van der Waals surface area contributed by atoms with E-state index in [0.717, 1.165) is 15.6 Å². The number of carbonyl (C=O) groups is 1. The molecule has 2 heterocycles. The van der Waals surface area contributed by atoms with Gasteiger partial charge in [-0.3, -0.25) is 9.69 Å². The molecule has 1 aliphatic rings. The summed E-state index contributed by atoms with van der Waals surface area (Å²) < 4.78 is 32.3. The Morgan fingerprint density at radius 2 is 1.79 bits per heavy atom. The van der Waals surface area contributed by atoms with Gasteiger partial charge in [0.05, 0.1) is 0 Å². The van der Waals surface area contributed by atoms with Crippen LogP contribution in [-0.2, 0) is 6.54 Å². The van der Waals surface area contributed by atoms with E-state index in [1.807, 2.05) is 17.0 Å². The van der Waals surface area contributed by atoms with Gasteiger partial charge in [-0.15, -0.1) is 11.3 Å². The lowest BCUT2D eigenvalue weighted by atomic mass is 10.00. The Bertz CT molecular complexity index is 1330. The molecule has 1 aromatic heterocycles. The molecule has 0 amide bonds. The molecule has 174 valence electrons. The first-order valence-electron chi connectivity index (χ1n) is 10.7. The number of phenols is 1. The average Bonchev–Trinajstić information content (AvgIpc) is 3.14. The highest BCUT2D eigenvalue weighted by atomic mass is 35.5. The quantitative estimate of drug-likeness (QED) is 0.279. The molecule has 0 atom stereocenters. The zero-order valence-corrected chi connectivity index (χ0v) is 19.5. The van der Waals surface area contributed by atoms with Crippen LogP contribution in [0.3, 0.4) is 0 Å². The number of hydrogen-bond acceptors (Lipinski definition) is 5. The first-order chi connectivity index (χ1) is 16.4. The van der Waals surface area contributed by atoms with Gasteiger partial charge in [-0.25, -0.2) is 8.78 Å². The molecular weight excluding hydrogens is 480 g/mol. The van der Waals surface area contributed by atoms with Gasteiger partial charge in [0.15, 0.2) is 5.75 Å². The number of ether oxygens (including phenoxy) is 1. The molecule has 0 saturated carbocycles. The van der Waals surface area contributed by atoms with Crippen molar-refractivity contribution in [2.75, 3.05) is 13.1 Å². The minimum atomic E-state index is -2.26. The fourth-order valence-corrected chi connectivity index (χ4v) is 5.23. The molecule has 0 unspecified atom stereocenters. The van der Waals surface area contributed by atoms with Crippen molar-refractivity contribution in [2.24, 2.45) is 5.92 Å². The summed E-state index contributed by atoms with van der Waals surface area (Å²) in [6.45, 7) is 1.41. The highest BCUT2D eigenvalue weighted by molar-refractivity contribution is 7.21. The van der Waals surface area contributed by atoms with E-state index in [0.29, 0.717) is 46.6 Å². The van der Waals surface area contributed by atoms with Gasteiger partial charge in [0, 0.05) is 46.2 Å². The van der Waals surface area contributed by atoms with Crippen molar-refractivity contribution in [3.63, 3.8) is 0 Å². The van der Waals surface area contributed by atoms with Crippen molar-refractivity contribution >= 4 is 38.8 Å². The predicted octanol–water partition coefficient (Wildman–Crippen LogP) is 6.98. The monoisotopic (exact) mass is 499 g/mol. The van der Waals surface area contributed by atoms with Crippen LogP contribution in [0.25, 0.3) is 10.1 Å². The first kappa shape index (κ1) is 22.8. The second-order valence-electron chi connectivity index (χ2n) is 8.31. The van der Waals surface area contributed by atoms with Crippen LogP contribution in [0.1, 0.15) is 20.8 Å². The summed E-state index contributed by atoms with van der Waals surface area (Å²) in [5, 5.41) is 11.2. The topological polar surface area (TPSA) is 49.8 Å². The molecule has 1 fully saturated rings. The summed E-state index contributed by atoms with van der Waals surface area (Å²) in [5.41, 5.74) is 1.48. The number of aromatic hydroxyl groups is 1. The minimum Gasteiger partial charge on any atom is -0.508 e.